The molecule has 2 heterocycles. The van der Waals surface area contributed by atoms with Gasteiger partial charge in [-0.1, -0.05) is 11.8 Å². The van der Waals surface area contributed by atoms with Crippen LogP contribution in [0.15, 0.2) is 33.8 Å². The minimum atomic E-state index is -4.70. The topological polar surface area (TPSA) is 95.7 Å². The van der Waals surface area contributed by atoms with Crippen molar-refractivity contribution in [3.8, 4) is 11.5 Å². The second-order valence-corrected chi connectivity index (χ2v) is 6.19. The van der Waals surface area contributed by atoms with E-state index in [9.17, 15) is 17.6 Å². The summed E-state index contributed by atoms with van der Waals surface area (Å²) in [5.74, 6) is 3.98. The summed E-state index contributed by atoms with van der Waals surface area (Å²) in [6.45, 7) is 1.63. The highest BCUT2D eigenvalue weighted by Crippen LogP contribution is 2.36. The van der Waals surface area contributed by atoms with E-state index in [1.165, 1.54) is 24.3 Å². The molecule has 12 heteroatoms. The van der Waals surface area contributed by atoms with Crippen LogP contribution in [0, 0.1) is 5.82 Å². The predicted molar refractivity (Wildman–Crippen MR) is 79.1 cm³/mol. The second kappa shape index (κ2) is 6.35. The fourth-order valence-electron chi connectivity index (χ4n) is 1.87. The molecule has 2 aromatic heterocycles. The Morgan fingerprint density at radius 3 is 2.40 bits per heavy atom. The lowest BCUT2D eigenvalue weighted by Gasteiger charge is -2.08. The molecule has 0 radical (unpaired) electrons. The molecule has 3 rings (SSSR count). The van der Waals surface area contributed by atoms with Gasteiger partial charge in [0.25, 0.3) is 5.82 Å². The SMILES string of the molecule is C[C@@H](Sc1nnc(C(F)(F)F)n1N)c1nnc(-c2ccc(F)cc2)o1. The van der Waals surface area contributed by atoms with E-state index in [-0.39, 0.29) is 16.9 Å². The normalized spacial score (nSPS) is 13.2. The Bertz CT molecular complexity index is 876. The fraction of sp³-hybridized carbons (Fsp3) is 0.231. The van der Waals surface area contributed by atoms with E-state index in [0.717, 1.165) is 11.8 Å². The summed E-state index contributed by atoms with van der Waals surface area (Å²) >= 11 is 0.879. The van der Waals surface area contributed by atoms with Gasteiger partial charge >= 0.3 is 6.18 Å². The number of rotatable bonds is 4. The molecule has 25 heavy (non-hydrogen) atoms. The molecule has 0 saturated carbocycles. The van der Waals surface area contributed by atoms with Crippen molar-refractivity contribution in [2.45, 2.75) is 23.5 Å². The standard InChI is InChI=1S/C13H10F4N6OS/c1-6(25-12-22-21-11(23(12)18)13(15,16)17)9-19-20-10(24-9)7-2-4-8(14)5-3-7/h2-6H,18H2,1H3/t6-/m1/s1. The molecule has 0 aliphatic carbocycles. The fourth-order valence-corrected chi connectivity index (χ4v) is 2.67. The summed E-state index contributed by atoms with van der Waals surface area (Å²) < 4.78 is 56.7. The van der Waals surface area contributed by atoms with E-state index < -0.39 is 23.1 Å². The zero-order chi connectivity index (χ0) is 18.2. The van der Waals surface area contributed by atoms with Gasteiger partial charge in [0, 0.05) is 5.56 Å². The molecule has 0 fully saturated rings. The Labute approximate surface area is 142 Å². The quantitative estimate of drug-likeness (QED) is 0.426. The first kappa shape index (κ1) is 17.2. The minimum Gasteiger partial charge on any atom is -0.419 e. The van der Waals surface area contributed by atoms with Crippen LogP contribution in [0.4, 0.5) is 17.6 Å². The van der Waals surface area contributed by atoms with Gasteiger partial charge in [-0.15, -0.1) is 20.4 Å². The summed E-state index contributed by atoms with van der Waals surface area (Å²) in [6.07, 6.45) is -4.70. The Hall–Kier alpha value is -2.63. The molecule has 132 valence electrons. The first-order chi connectivity index (χ1) is 11.8. The molecule has 7 nitrogen and oxygen atoms in total. The van der Waals surface area contributed by atoms with Gasteiger partial charge in [-0.05, 0) is 31.2 Å². The average molecular weight is 374 g/mol. The summed E-state index contributed by atoms with van der Waals surface area (Å²) in [5.41, 5.74) is 0.513. The first-order valence-corrected chi connectivity index (χ1v) is 7.67. The molecule has 0 bridgehead atoms. The van der Waals surface area contributed by atoms with Crippen LogP contribution in [-0.2, 0) is 6.18 Å². The highest BCUT2D eigenvalue weighted by Gasteiger charge is 2.38. The number of nitrogen functional groups attached to an aromatic ring is 1. The van der Waals surface area contributed by atoms with Crippen molar-refractivity contribution in [3.63, 3.8) is 0 Å². The molecule has 0 aliphatic heterocycles. The molecule has 0 unspecified atom stereocenters. The van der Waals surface area contributed by atoms with Crippen molar-refractivity contribution >= 4 is 11.8 Å². The van der Waals surface area contributed by atoms with E-state index in [0.29, 0.717) is 10.2 Å². The number of aromatic nitrogens is 5. The molecule has 1 atom stereocenters. The van der Waals surface area contributed by atoms with Crippen LogP contribution in [0.3, 0.4) is 0 Å². The van der Waals surface area contributed by atoms with Crippen molar-refractivity contribution in [1.29, 1.82) is 0 Å². The van der Waals surface area contributed by atoms with Crippen LogP contribution in [-0.4, -0.2) is 25.1 Å². The summed E-state index contributed by atoms with van der Waals surface area (Å²) in [7, 11) is 0. The van der Waals surface area contributed by atoms with Gasteiger partial charge in [-0.3, -0.25) is 0 Å². The first-order valence-electron chi connectivity index (χ1n) is 6.79. The van der Waals surface area contributed by atoms with Crippen LogP contribution in [0.1, 0.15) is 23.9 Å². The number of alkyl halides is 3. The van der Waals surface area contributed by atoms with Gasteiger partial charge in [-0.2, -0.15) is 13.2 Å². The Kier molecular flexibility index (Phi) is 4.37. The number of hydrogen-bond acceptors (Lipinski definition) is 7. The molecule has 3 aromatic rings. The van der Waals surface area contributed by atoms with E-state index in [2.05, 4.69) is 20.4 Å². The van der Waals surface area contributed by atoms with Crippen molar-refractivity contribution in [2.24, 2.45) is 0 Å². The number of thioether (sulfide) groups is 1. The average Bonchev–Trinajstić information content (AvgIpc) is 3.15. The molecule has 0 amide bonds. The number of hydrogen-bond donors (Lipinski definition) is 1. The zero-order valence-corrected chi connectivity index (χ0v) is 13.3. The van der Waals surface area contributed by atoms with Crippen LogP contribution < -0.4 is 5.84 Å². The number of nitrogens with zero attached hydrogens (tertiary/aromatic N) is 5. The Balaban J connectivity index is 1.77. The molecule has 0 aliphatic rings. The molecular weight excluding hydrogens is 364 g/mol. The molecular formula is C13H10F4N6OS. The maximum absolute atomic E-state index is 12.9. The van der Waals surface area contributed by atoms with Gasteiger partial charge in [0.05, 0.1) is 5.25 Å². The zero-order valence-electron chi connectivity index (χ0n) is 12.5. The molecule has 1 aromatic carbocycles. The third kappa shape index (κ3) is 3.57. The Morgan fingerprint density at radius 2 is 1.80 bits per heavy atom. The number of benzene rings is 1. The van der Waals surface area contributed by atoms with Gasteiger partial charge in [0.15, 0.2) is 0 Å². The lowest BCUT2D eigenvalue weighted by Crippen LogP contribution is -2.21. The third-order valence-electron chi connectivity index (χ3n) is 3.08. The van der Waals surface area contributed by atoms with Crippen molar-refractivity contribution < 1.29 is 22.0 Å². The monoisotopic (exact) mass is 374 g/mol. The third-order valence-corrected chi connectivity index (χ3v) is 4.12. The molecule has 0 spiro atoms. The summed E-state index contributed by atoms with van der Waals surface area (Å²) in [6, 6.07) is 5.42. The van der Waals surface area contributed by atoms with E-state index in [4.69, 9.17) is 10.3 Å². The second-order valence-electron chi connectivity index (χ2n) is 4.89. The van der Waals surface area contributed by atoms with Crippen LogP contribution in [0.5, 0.6) is 0 Å². The highest BCUT2D eigenvalue weighted by molar-refractivity contribution is 7.99. The predicted octanol–water partition coefficient (Wildman–Crippen LogP) is 3.05. The van der Waals surface area contributed by atoms with E-state index in [1.807, 2.05) is 0 Å². The van der Waals surface area contributed by atoms with Gasteiger partial charge < -0.3 is 10.3 Å². The van der Waals surface area contributed by atoms with E-state index in [1.54, 1.807) is 6.92 Å². The maximum atomic E-state index is 12.9. The van der Waals surface area contributed by atoms with Crippen LogP contribution in [0.2, 0.25) is 0 Å². The van der Waals surface area contributed by atoms with Gasteiger partial charge in [-0.25, -0.2) is 9.07 Å². The molecule has 2 N–H and O–H groups in total. The van der Waals surface area contributed by atoms with Gasteiger partial charge in [0.2, 0.25) is 16.9 Å². The van der Waals surface area contributed by atoms with Crippen molar-refractivity contribution in [2.75, 3.05) is 5.84 Å². The largest absolute Gasteiger partial charge is 0.453 e. The van der Waals surface area contributed by atoms with Crippen molar-refractivity contribution in [3.05, 3.63) is 41.8 Å². The van der Waals surface area contributed by atoms with Crippen LogP contribution in [0.25, 0.3) is 11.5 Å². The smallest absolute Gasteiger partial charge is 0.419 e. The maximum Gasteiger partial charge on any atom is 0.453 e. The number of halogens is 4. The Morgan fingerprint density at radius 1 is 1.12 bits per heavy atom. The summed E-state index contributed by atoms with van der Waals surface area (Å²) in [4.78, 5) is 0. The minimum absolute atomic E-state index is 0.152. The van der Waals surface area contributed by atoms with Gasteiger partial charge in [0.1, 0.15) is 5.82 Å². The van der Waals surface area contributed by atoms with E-state index >= 15 is 0 Å². The number of nitrogens with two attached hydrogens (primary N) is 1. The van der Waals surface area contributed by atoms with Crippen molar-refractivity contribution in [1.82, 2.24) is 25.1 Å². The highest BCUT2D eigenvalue weighted by atomic mass is 32.2. The lowest BCUT2D eigenvalue weighted by molar-refractivity contribution is -0.146. The van der Waals surface area contributed by atoms with Crippen LogP contribution >= 0.6 is 11.8 Å². The molecule has 0 saturated heterocycles. The lowest BCUT2D eigenvalue weighted by atomic mass is 10.2. The summed E-state index contributed by atoms with van der Waals surface area (Å²) in [5, 5.41) is 13.5.